The second-order valence-electron chi connectivity index (χ2n) is 5.26. The maximum atomic E-state index is 12.2. The minimum absolute atomic E-state index is 0.184. The number of ketones is 1. The zero-order valence-electron chi connectivity index (χ0n) is 13.3. The van der Waals surface area contributed by atoms with Crippen LogP contribution in [0.3, 0.4) is 0 Å². The molecule has 0 aliphatic heterocycles. The molecule has 2 aromatic carbocycles. The van der Waals surface area contributed by atoms with Crippen LogP contribution in [0.5, 0.6) is 5.75 Å². The van der Waals surface area contributed by atoms with Gasteiger partial charge in [0.05, 0.1) is 10.0 Å². The van der Waals surface area contributed by atoms with Crippen LogP contribution in [0, 0.1) is 0 Å². The summed E-state index contributed by atoms with van der Waals surface area (Å²) in [6.07, 6.45) is 3.13. The molecule has 3 nitrogen and oxygen atoms in total. The van der Waals surface area contributed by atoms with Gasteiger partial charge in [0.15, 0.2) is 5.78 Å². The van der Waals surface area contributed by atoms with Gasteiger partial charge in [0.1, 0.15) is 10.6 Å². The third-order valence-corrected chi connectivity index (χ3v) is 5.03. The Kier molecular flexibility index (Phi) is 5.89. The van der Waals surface area contributed by atoms with E-state index >= 15 is 0 Å². The lowest BCUT2D eigenvalue weighted by Gasteiger charge is -2.03. The summed E-state index contributed by atoms with van der Waals surface area (Å²) in [7, 11) is 0. The molecule has 0 N–H and O–H groups in total. The molecule has 3 rings (SSSR count). The second-order valence-corrected chi connectivity index (χ2v) is 7.02. The van der Waals surface area contributed by atoms with Gasteiger partial charge in [-0.2, -0.15) is 0 Å². The summed E-state index contributed by atoms with van der Waals surface area (Å²) in [4.78, 5) is 24.6. The summed E-state index contributed by atoms with van der Waals surface area (Å²) in [5.74, 6) is -0.133. The maximum Gasteiger partial charge on any atom is 0.353 e. The predicted molar refractivity (Wildman–Crippen MR) is 106 cm³/mol. The van der Waals surface area contributed by atoms with E-state index in [9.17, 15) is 9.59 Å². The van der Waals surface area contributed by atoms with Crippen LogP contribution in [-0.2, 0) is 0 Å². The van der Waals surface area contributed by atoms with Crippen LogP contribution in [0.25, 0.3) is 6.08 Å². The van der Waals surface area contributed by atoms with Crippen LogP contribution >= 0.6 is 34.5 Å². The number of carbonyl (C=O) groups is 2. The number of benzene rings is 2. The summed E-state index contributed by atoms with van der Waals surface area (Å²) in [6, 6.07) is 15.1. The summed E-state index contributed by atoms with van der Waals surface area (Å²) in [5.41, 5.74) is 1.26. The average molecular weight is 403 g/mol. The fraction of sp³-hybridized carbons (Fsp3) is 0. The Morgan fingerprint density at radius 3 is 2.38 bits per heavy atom. The highest BCUT2D eigenvalue weighted by Crippen LogP contribution is 2.23. The van der Waals surface area contributed by atoms with Gasteiger partial charge in [-0.15, -0.1) is 11.3 Å². The first-order valence-corrected chi connectivity index (χ1v) is 9.20. The van der Waals surface area contributed by atoms with E-state index in [1.807, 2.05) is 5.38 Å². The monoisotopic (exact) mass is 402 g/mol. The van der Waals surface area contributed by atoms with Gasteiger partial charge in [0, 0.05) is 5.56 Å². The fourth-order valence-corrected chi connectivity index (χ4v) is 3.01. The highest BCUT2D eigenvalue weighted by molar-refractivity contribution is 7.12. The minimum Gasteiger partial charge on any atom is -0.422 e. The quantitative estimate of drug-likeness (QED) is 0.221. The normalized spacial score (nSPS) is 10.8. The summed E-state index contributed by atoms with van der Waals surface area (Å²) >= 11 is 13.1. The maximum absolute atomic E-state index is 12.2. The topological polar surface area (TPSA) is 43.4 Å². The van der Waals surface area contributed by atoms with Gasteiger partial charge >= 0.3 is 5.97 Å². The van der Waals surface area contributed by atoms with Gasteiger partial charge in [-0.25, -0.2) is 4.79 Å². The summed E-state index contributed by atoms with van der Waals surface area (Å²) < 4.78 is 5.29. The van der Waals surface area contributed by atoms with Crippen LogP contribution in [0.15, 0.2) is 66.1 Å². The van der Waals surface area contributed by atoms with Gasteiger partial charge in [0.2, 0.25) is 0 Å². The van der Waals surface area contributed by atoms with E-state index < -0.39 is 5.97 Å². The van der Waals surface area contributed by atoms with Gasteiger partial charge < -0.3 is 4.74 Å². The van der Waals surface area contributed by atoms with E-state index in [1.165, 1.54) is 23.5 Å². The molecule has 0 spiro atoms. The Bertz CT molecular complexity index is 961. The molecule has 0 bridgehead atoms. The van der Waals surface area contributed by atoms with Crippen molar-refractivity contribution in [2.24, 2.45) is 0 Å². The zero-order valence-corrected chi connectivity index (χ0v) is 15.6. The third kappa shape index (κ3) is 4.61. The average Bonchev–Trinajstić information content (AvgIpc) is 3.18. The molecule has 0 saturated carbocycles. The lowest BCUT2D eigenvalue weighted by molar-refractivity contribution is 0.0739. The molecule has 0 aliphatic carbocycles. The van der Waals surface area contributed by atoms with Crippen LogP contribution in [-0.4, -0.2) is 11.8 Å². The second kappa shape index (κ2) is 8.32. The molecule has 3 aromatic rings. The molecule has 0 radical (unpaired) electrons. The Morgan fingerprint density at radius 2 is 1.73 bits per heavy atom. The molecule has 0 amide bonds. The van der Waals surface area contributed by atoms with Crippen molar-refractivity contribution in [2.45, 2.75) is 0 Å². The minimum atomic E-state index is -0.391. The van der Waals surface area contributed by atoms with Gasteiger partial charge in [0.25, 0.3) is 0 Å². The molecule has 1 heterocycles. The van der Waals surface area contributed by atoms with Crippen LogP contribution < -0.4 is 4.74 Å². The summed E-state index contributed by atoms with van der Waals surface area (Å²) in [5, 5.41) is 2.55. The van der Waals surface area contributed by atoms with Crippen molar-refractivity contribution >= 4 is 52.4 Å². The van der Waals surface area contributed by atoms with E-state index in [2.05, 4.69) is 0 Å². The number of hydrogen-bond acceptors (Lipinski definition) is 4. The van der Waals surface area contributed by atoms with Crippen molar-refractivity contribution in [2.75, 3.05) is 0 Å². The molecule has 6 heteroatoms. The molecule has 130 valence electrons. The SMILES string of the molecule is O=C(C=Cc1ccc(OC(=O)c2cccs2)cc1)c1ccc(Cl)c(Cl)c1. The Balaban J connectivity index is 1.65. The molecule has 1 aromatic heterocycles. The molecule has 0 atom stereocenters. The molecule has 26 heavy (non-hydrogen) atoms. The van der Waals surface area contributed by atoms with Crippen molar-refractivity contribution in [3.05, 3.63) is 92.1 Å². The Labute approximate surface area is 164 Å². The number of rotatable bonds is 5. The third-order valence-electron chi connectivity index (χ3n) is 3.44. The molecule has 0 aliphatic rings. The molecule has 0 unspecified atom stereocenters. The lowest BCUT2D eigenvalue weighted by Crippen LogP contribution is -2.05. The van der Waals surface area contributed by atoms with Crippen molar-refractivity contribution in [1.29, 1.82) is 0 Å². The van der Waals surface area contributed by atoms with E-state index in [4.69, 9.17) is 27.9 Å². The summed E-state index contributed by atoms with van der Waals surface area (Å²) in [6.45, 7) is 0. The molecule has 0 saturated heterocycles. The van der Waals surface area contributed by atoms with Crippen molar-refractivity contribution in [3.63, 3.8) is 0 Å². The smallest absolute Gasteiger partial charge is 0.353 e. The largest absolute Gasteiger partial charge is 0.422 e. The van der Waals surface area contributed by atoms with Crippen LogP contribution in [0.1, 0.15) is 25.6 Å². The van der Waals surface area contributed by atoms with E-state index in [1.54, 1.807) is 54.6 Å². The number of hydrogen-bond donors (Lipinski definition) is 0. The van der Waals surface area contributed by atoms with E-state index in [0.29, 0.717) is 26.2 Å². The first kappa shape index (κ1) is 18.4. The number of carbonyl (C=O) groups excluding carboxylic acids is 2. The lowest BCUT2D eigenvalue weighted by atomic mass is 10.1. The number of allylic oxidation sites excluding steroid dienone is 1. The van der Waals surface area contributed by atoms with Crippen molar-refractivity contribution in [1.82, 2.24) is 0 Å². The van der Waals surface area contributed by atoms with Gasteiger partial charge in [-0.3, -0.25) is 4.79 Å². The number of esters is 1. The number of halogens is 2. The Hall–Kier alpha value is -2.40. The standard InChI is InChI=1S/C20H12Cl2O3S/c21-16-9-6-14(12-17(16)22)18(23)10-5-13-3-7-15(8-4-13)25-20(24)19-2-1-11-26-19/h1-12H. The van der Waals surface area contributed by atoms with E-state index in [0.717, 1.165) is 5.56 Å². The fourth-order valence-electron chi connectivity index (χ4n) is 2.12. The van der Waals surface area contributed by atoms with Crippen molar-refractivity contribution in [3.8, 4) is 5.75 Å². The number of thiophene rings is 1. The van der Waals surface area contributed by atoms with Gasteiger partial charge in [-0.1, -0.05) is 47.5 Å². The van der Waals surface area contributed by atoms with Crippen LogP contribution in [0.2, 0.25) is 10.0 Å². The first-order valence-electron chi connectivity index (χ1n) is 7.56. The molecular formula is C20H12Cl2O3S. The van der Waals surface area contributed by atoms with Gasteiger partial charge in [-0.05, 0) is 53.4 Å². The Morgan fingerprint density at radius 1 is 0.962 bits per heavy atom. The first-order chi connectivity index (χ1) is 12.5. The predicted octanol–water partition coefficient (Wildman–Crippen LogP) is 6.17. The highest BCUT2D eigenvalue weighted by atomic mass is 35.5. The van der Waals surface area contributed by atoms with Crippen LogP contribution in [0.4, 0.5) is 0 Å². The molecule has 0 fully saturated rings. The molecular weight excluding hydrogens is 391 g/mol. The van der Waals surface area contributed by atoms with E-state index in [-0.39, 0.29) is 5.78 Å². The number of ether oxygens (including phenoxy) is 1. The van der Waals surface area contributed by atoms with Crippen molar-refractivity contribution < 1.29 is 14.3 Å². The zero-order chi connectivity index (χ0) is 18.5. The highest BCUT2D eigenvalue weighted by Gasteiger charge is 2.09.